The van der Waals surface area contributed by atoms with Crippen LogP contribution < -0.4 is 20.1 Å². The lowest BCUT2D eigenvalue weighted by Gasteiger charge is -2.29. The molecular formula is C40H64N4O4+2. The SMILES string of the molecule is C=CCc1ccc(OCC(=O)NCCC[N+](C)(C)CCCC)c(-c2ccc(OCC(=O)NCCC[N+](C)(C)CCCC)c(CC=C)c2)c1. The second kappa shape index (κ2) is 21.4. The monoisotopic (exact) mass is 664 g/mol. The molecule has 0 saturated heterocycles. The highest BCUT2D eigenvalue weighted by atomic mass is 16.5. The number of unbranched alkanes of at least 4 members (excludes halogenated alkanes) is 2. The molecular weight excluding hydrogens is 600 g/mol. The van der Waals surface area contributed by atoms with Gasteiger partial charge in [0.25, 0.3) is 11.8 Å². The molecule has 2 amide bonds. The van der Waals surface area contributed by atoms with Crippen LogP contribution in [0.2, 0.25) is 0 Å². The van der Waals surface area contributed by atoms with Crippen molar-refractivity contribution in [3.05, 3.63) is 72.8 Å². The number of carbonyl (C=O) groups is 2. The summed E-state index contributed by atoms with van der Waals surface area (Å²) in [6.07, 6.45) is 11.6. The first-order valence-corrected chi connectivity index (χ1v) is 17.8. The van der Waals surface area contributed by atoms with E-state index in [9.17, 15) is 9.59 Å². The Morgan fingerprint density at radius 1 is 0.688 bits per heavy atom. The minimum atomic E-state index is -0.136. The van der Waals surface area contributed by atoms with Crippen LogP contribution in [0.4, 0.5) is 0 Å². The number of nitrogens with zero attached hydrogens (tertiary/aromatic N) is 2. The Bertz CT molecular complexity index is 1300. The highest BCUT2D eigenvalue weighted by molar-refractivity contribution is 5.79. The molecule has 0 fully saturated rings. The van der Waals surface area contributed by atoms with Gasteiger partial charge in [0.15, 0.2) is 13.2 Å². The number of amides is 2. The summed E-state index contributed by atoms with van der Waals surface area (Å²) in [6.45, 7) is 17.7. The first-order chi connectivity index (χ1) is 22.9. The van der Waals surface area contributed by atoms with Crippen molar-refractivity contribution in [2.24, 2.45) is 0 Å². The zero-order chi connectivity index (χ0) is 35.4. The number of carbonyl (C=O) groups excluding carboxylic acids is 2. The van der Waals surface area contributed by atoms with E-state index in [1.165, 1.54) is 25.7 Å². The number of hydrogen-bond donors (Lipinski definition) is 2. The topological polar surface area (TPSA) is 76.7 Å². The minimum absolute atomic E-state index is 0.0505. The zero-order valence-electron chi connectivity index (χ0n) is 30.9. The Morgan fingerprint density at radius 2 is 1.19 bits per heavy atom. The van der Waals surface area contributed by atoms with Crippen molar-refractivity contribution in [1.29, 1.82) is 0 Å². The van der Waals surface area contributed by atoms with Gasteiger partial charge in [-0.05, 0) is 66.6 Å². The smallest absolute Gasteiger partial charge is 0.257 e. The normalized spacial score (nSPS) is 11.5. The van der Waals surface area contributed by atoms with Gasteiger partial charge in [-0.25, -0.2) is 0 Å². The molecule has 8 heteroatoms. The van der Waals surface area contributed by atoms with Crippen LogP contribution in [0, 0.1) is 0 Å². The third-order valence-electron chi connectivity index (χ3n) is 8.64. The molecule has 2 aromatic rings. The second-order valence-corrected chi connectivity index (χ2v) is 14.1. The molecule has 2 N–H and O–H groups in total. The van der Waals surface area contributed by atoms with Gasteiger partial charge in [-0.2, -0.15) is 0 Å². The van der Waals surface area contributed by atoms with Crippen molar-refractivity contribution in [3.8, 4) is 22.6 Å². The van der Waals surface area contributed by atoms with Gasteiger partial charge < -0.3 is 29.1 Å². The van der Waals surface area contributed by atoms with E-state index in [4.69, 9.17) is 9.47 Å². The molecule has 0 atom stereocenters. The van der Waals surface area contributed by atoms with Crippen LogP contribution in [0.25, 0.3) is 11.1 Å². The molecule has 8 nitrogen and oxygen atoms in total. The number of benzene rings is 2. The number of allylic oxidation sites excluding steroid dienone is 2. The summed E-state index contributed by atoms with van der Waals surface area (Å²) < 4.78 is 14.0. The van der Waals surface area contributed by atoms with E-state index in [2.05, 4.69) is 71.9 Å². The van der Waals surface area contributed by atoms with Crippen LogP contribution in [-0.4, -0.2) is 101 Å². The molecule has 0 aliphatic rings. The van der Waals surface area contributed by atoms with E-state index in [-0.39, 0.29) is 25.0 Å². The van der Waals surface area contributed by atoms with Gasteiger partial charge in [0.05, 0.1) is 54.4 Å². The van der Waals surface area contributed by atoms with Crippen molar-refractivity contribution in [2.75, 3.05) is 80.7 Å². The third-order valence-corrected chi connectivity index (χ3v) is 8.64. The molecule has 48 heavy (non-hydrogen) atoms. The van der Waals surface area contributed by atoms with Gasteiger partial charge in [0, 0.05) is 31.5 Å². The van der Waals surface area contributed by atoms with Crippen LogP contribution in [-0.2, 0) is 22.4 Å². The van der Waals surface area contributed by atoms with E-state index in [0.717, 1.165) is 70.2 Å². The fourth-order valence-corrected chi connectivity index (χ4v) is 5.68. The van der Waals surface area contributed by atoms with Crippen molar-refractivity contribution in [3.63, 3.8) is 0 Å². The molecule has 0 spiro atoms. The predicted molar refractivity (Wildman–Crippen MR) is 199 cm³/mol. The summed E-state index contributed by atoms with van der Waals surface area (Å²) in [5.74, 6) is 1.01. The molecule has 2 rings (SSSR count). The summed E-state index contributed by atoms with van der Waals surface area (Å²) in [4.78, 5) is 25.3. The summed E-state index contributed by atoms with van der Waals surface area (Å²) in [7, 11) is 8.97. The largest absolute Gasteiger partial charge is 0.483 e. The highest BCUT2D eigenvalue weighted by Gasteiger charge is 2.17. The van der Waals surface area contributed by atoms with Crippen molar-refractivity contribution in [1.82, 2.24) is 10.6 Å². The molecule has 0 unspecified atom stereocenters. The molecule has 0 aliphatic heterocycles. The summed E-state index contributed by atoms with van der Waals surface area (Å²) in [5, 5.41) is 6.01. The quantitative estimate of drug-likeness (QED) is 0.0739. The lowest BCUT2D eigenvalue weighted by Crippen LogP contribution is -2.42. The van der Waals surface area contributed by atoms with E-state index < -0.39 is 0 Å². The van der Waals surface area contributed by atoms with Gasteiger partial charge in [-0.15, -0.1) is 13.2 Å². The molecule has 2 aromatic carbocycles. The fraction of sp³-hybridized carbons (Fsp3) is 0.550. The highest BCUT2D eigenvalue weighted by Crippen LogP contribution is 2.34. The molecule has 0 radical (unpaired) electrons. The fourth-order valence-electron chi connectivity index (χ4n) is 5.68. The summed E-state index contributed by atoms with van der Waals surface area (Å²) in [6, 6.07) is 11.9. The zero-order valence-corrected chi connectivity index (χ0v) is 30.9. The first-order valence-electron chi connectivity index (χ1n) is 17.8. The summed E-state index contributed by atoms with van der Waals surface area (Å²) in [5.41, 5.74) is 3.83. The Balaban J connectivity index is 2.04. The maximum Gasteiger partial charge on any atom is 0.257 e. The van der Waals surface area contributed by atoms with Crippen molar-refractivity contribution >= 4 is 11.8 Å². The average molecular weight is 665 g/mol. The maximum atomic E-state index is 12.7. The first kappa shape index (κ1) is 40.6. The number of rotatable bonds is 25. The van der Waals surface area contributed by atoms with Gasteiger partial charge >= 0.3 is 0 Å². The van der Waals surface area contributed by atoms with Gasteiger partial charge in [-0.3, -0.25) is 9.59 Å². The van der Waals surface area contributed by atoms with E-state index >= 15 is 0 Å². The molecule has 0 heterocycles. The third kappa shape index (κ3) is 15.5. The van der Waals surface area contributed by atoms with E-state index in [1.54, 1.807) is 0 Å². The lowest BCUT2D eigenvalue weighted by molar-refractivity contribution is -0.890. The van der Waals surface area contributed by atoms with Crippen LogP contribution in [0.1, 0.15) is 63.5 Å². The van der Waals surface area contributed by atoms with E-state index in [0.29, 0.717) is 37.4 Å². The van der Waals surface area contributed by atoms with Crippen molar-refractivity contribution < 1.29 is 28.0 Å². The van der Waals surface area contributed by atoms with Crippen LogP contribution in [0.3, 0.4) is 0 Å². The molecule has 0 bridgehead atoms. The number of nitrogens with one attached hydrogen (secondary N) is 2. The van der Waals surface area contributed by atoms with Gasteiger partial charge in [0.2, 0.25) is 0 Å². The molecule has 266 valence electrons. The van der Waals surface area contributed by atoms with Crippen molar-refractivity contribution in [2.45, 2.75) is 65.2 Å². The maximum absolute atomic E-state index is 12.7. The standard InChI is InChI=1S/C40H62N4O4/c1-9-13-25-43(5,6)27-15-23-41-39(45)31-47-37-22-20-34(30-35(37)18-12-4)36-29-33(17-11-3)19-21-38(36)48-32-40(46)42-24-16-28-44(7,8)26-14-10-2/h11-12,19-22,29-30H,3-4,9-10,13-18,23-28,31-32H2,1-2,5-8H3/p+2. The van der Waals surface area contributed by atoms with E-state index in [1.807, 2.05) is 42.5 Å². The Kier molecular flexibility index (Phi) is 18.1. The molecule has 0 saturated carbocycles. The Hall–Kier alpha value is -3.62. The van der Waals surface area contributed by atoms with Crippen LogP contribution in [0.15, 0.2) is 61.7 Å². The average Bonchev–Trinajstić information content (AvgIpc) is 3.06. The van der Waals surface area contributed by atoms with Gasteiger partial charge in [0.1, 0.15) is 11.5 Å². The Labute approximate surface area is 291 Å². The predicted octanol–water partition coefficient (Wildman–Crippen LogP) is 6.33. The minimum Gasteiger partial charge on any atom is -0.483 e. The molecule has 0 aliphatic carbocycles. The lowest BCUT2D eigenvalue weighted by atomic mass is 9.97. The number of quaternary nitrogens is 2. The number of ether oxygens (including phenoxy) is 2. The molecule has 0 aromatic heterocycles. The second-order valence-electron chi connectivity index (χ2n) is 14.1. The number of hydrogen-bond acceptors (Lipinski definition) is 4. The van der Waals surface area contributed by atoms with Crippen LogP contribution >= 0.6 is 0 Å². The Morgan fingerprint density at radius 3 is 1.71 bits per heavy atom. The van der Waals surface area contributed by atoms with Crippen LogP contribution in [0.5, 0.6) is 11.5 Å². The summed E-state index contributed by atoms with van der Waals surface area (Å²) >= 11 is 0. The van der Waals surface area contributed by atoms with Gasteiger partial charge in [-0.1, -0.05) is 51.0 Å².